The first-order chi connectivity index (χ1) is 24.4. The maximum absolute atomic E-state index is 12.6. The summed E-state index contributed by atoms with van der Waals surface area (Å²) in [6.45, 7) is 21.8. The molecule has 2 atom stereocenters. The van der Waals surface area contributed by atoms with Gasteiger partial charge >= 0.3 is 321 Å². The van der Waals surface area contributed by atoms with Crippen LogP contribution in [0.2, 0.25) is 0 Å². The fourth-order valence-corrected chi connectivity index (χ4v) is 39.0. The van der Waals surface area contributed by atoms with Gasteiger partial charge in [0.2, 0.25) is 0 Å². The van der Waals surface area contributed by atoms with Crippen LogP contribution in [0, 0.1) is 38.5 Å². The van der Waals surface area contributed by atoms with Crippen LogP contribution in [0.25, 0.3) is 34.4 Å². The molecule has 4 aromatic carbocycles. The van der Waals surface area contributed by atoms with Crippen molar-refractivity contribution in [2.24, 2.45) is 10.8 Å². The van der Waals surface area contributed by atoms with E-state index in [0.29, 0.717) is 12.8 Å². The molecule has 52 heavy (non-hydrogen) atoms. The molecule has 4 aromatic rings. The zero-order chi connectivity index (χ0) is 38.0. The summed E-state index contributed by atoms with van der Waals surface area (Å²) in [5.74, 6) is 0. The van der Waals surface area contributed by atoms with E-state index in [-0.39, 0.29) is 10.8 Å². The van der Waals surface area contributed by atoms with Gasteiger partial charge in [-0.05, 0) is 0 Å². The summed E-state index contributed by atoms with van der Waals surface area (Å²) in [4.78, 5) is 25.2. The maximum atomic E-state index is 12.6. The third kappa shape index (κ3) is 6.11. The van der Waals surface area contributed by atoms with Crippen molar-refractivity contribution in [3.63, 3.8) is 0 Å². The molecule has 4 nitrogen and oxygen atoms in total. The second-order valence-electron chi connectivity index (χ2n) is 16.9. The molecule has 2 N–H and O–H groups in total. The van der Waals surface area contributed by atoms with Crippen molar-refractivity contribution >= 4 is 46.7 Å². The quantitative estimate of drug-likeness (QED) is 0.130. The second-order valence-corrected chi connectivity index (χ2v) is 47.3. The van der Waals surface area contributed by atoms with Gasteiger partial charge in [0.15, 0.2) is 0 Å². The Kier molecular flexibility index (Phi) is 10.1. The van der Waals surface area contributed by atoms with Crippen LogP contribution < -0.4 is 10.5 Å². The molecule has 2 aliphatic rings. The van der Waals surface area contributed by atoms with E-state index in [4.69, 9.17) is 17.2 Å². The third-order valence-corrected chi connectivity index (χ3v) is 40.0. The van der Waals surface area contributed by atoms with Crippen LogP contribution in [0.15, 0.2) is 83.9 Å². The van der Waals surface area contributed by atoms with E-state index in [1.165, 1.54) is 22.3 Å². The van der Waals surface area contributed by atoms with Crippen LogP contribution in [0.3, 0.4) is 0 Å². The predicted octanol–water partition coefficient (Wildman–Crippen LogP) is 11.4. The van der Waals surface area contributed by atoms with Crippen LogP contribution in [0.1, 0.15) is 93.4 Å². The van der Waals surface area contributed by atoms with Crippen molar-refractivity contribution in [2.45, 2.75) is 76.6 Å². The van der Waals surface area contributed by atoms with Crippen LogP contribution >= 0.6 is 17.2 Å². The molecule has 269 valence electrons. The van der Waals surface area contributed by atoms with Crippen LogP contribution in [0.4, 0.5) is 0 Å². The number of carbonyl (C=O) groups is 2. The molecule has 0 aliphatic heterocycles. The average molecular weight is 899 g/mol. The van der Waals surface area contributed by atoms with E-state index in [1.54, 1.807) is 0 Å². The Hall–Kier alpha value is -3.18. The molecule has 2 amide bonds. The molecule has 6 rings (SSSR count). The summed E-state index contributed by atoms with van der Waals surface area (Å²) in [6.07, 6.45) is 5.87. The van der Waals surface area contributed by atoms with Gasteiger partial charge in [-0.15, -0.1) is 0 Å². The summed E-state index contributed by atoms with van der Waals surface area (Å²) in [7, 11) is 17.5. The van der Waals surface area contributed by atoms with E-state index >= 15 is 0 Å². The number of hydrogen-bond donors (Lipinski definition) is 2. The van der Waals surface area contributed by atoms with Crippen LogP contribution in [-0.2, 0) is 25.5 Å². The minimum absolute atomic E-state index is 0.357. The van der Waals surface area contributed by atoms with Gasteiger partial charge < -0.3 is 0 Å². The Balaban J connectivity index is 1.74. The number of benzene rings is 4. The molecule has 0 radical (unpaired) electrons. The fraction of sp³-hybridized carbons (Fsp3) is 0.318. The first-order valence-corrected chi connectivity index (χ1v) is 33.3. The van der Waals surface area contributed by atoms with Gasteiger partial charge in [0.25, 0.3) is 0 Å². The van der Waals surface area contributed by atoms with Gasteiger partial charge in [0.05, 0.1) is 0 Å². The molecule has 2 unspecified atom stereocenters. The number of aryl methyl sites for hydroxylation is 2. The van der Waals surface area contributed by atoms with Crippen molar-refractivity contribution in [1.82, 2.24) is 10.5 Å². The normalized spacial score (nSPS) is 17.7. The second kappa shape index (κ2) is 13.6. The Bertz CT molecular complexity index is 2030. The first-order valence-electron chi connectivity index (χ1n) is 18.2. The minimum atomic E-state index is -6.17. The number of carbonyl (C=O) groups excluding carboxylic acids is 2. The van der Waals surface area contributed by atoms with E-state index in [1.807, 2.05) is 0 Å². The van der Waals surface area contributed by atoms with Crippen molar-refractivity contribution in [1.29, 1.82) is 0 Å². The van der Waals surface area contributed by atoms with E-state index in [0.717, 1.165) is 55.7 Å². The average Bonchev–Trinajstić information content (AvgIpc) is 3.69. The van der Waals surface area contributed by atoms with Gasteiger partial charge in [-0.3, -0.25) is 0 Å². The fourth-order valence-electron chi connectivity index (χ4n) is 8.85. The molecular formula is C44H50BCl2HfN2O2. The molecule has 0 fully saturated rings. The number of rotatable bonds is 9. The topological polar surface area (TPSA) is 58.2 Å². The molecule has 0 saturated heterocycles. The van der Waals surface area contributed by atoms with Crippen molar-refractivity contribution in [2.75, 3.05) is 0 Å². The van der Waals surface area contributed by atoms with Gasteiger partial charge in [0, 0.05) is 0 Å². The summed E-state index contributed by atoms with van der Waals surface area (Å²) >= 11 is -6.17. The Labute approximate surface area is 318 Å². The monoisotopic (exact) mass is 899 g/mol. The number of halogens is 2. The summed E-state index contributed by atoms with van der Waals surface area (Å²) in [5.41, 5.74) is 15.2. The van der Waals surface area contributed by atoms with Gasteiger partial charge in [-0.2, -0.15) is 0 Å². The molecule has 0 heterocycles. The zero-order valence-electron chi connectivity index (χ0n) is 32.0. The van der Waals surface area contributed by atoms with Crippen LogP contribution in [0.5, 0.6) is 0 Å². The summed E-state index contributed by atoms with van der Waals surface area (Å²) in [6, 6.07) is 25.7. The zero-order valence-corrected chi connectivity index (χ0v) is 37.1. The molecule has 0 aromatic heterocycles. The Morgan fingerprint density at radius 1 is 0.577 bits per heavy atom. The third-order valence-electron chi connectivity index (χ3n) is 11.8. The van der Waals surface area contributed by atoms with Gasteiger partial charge in [-0.25, -0.2) is 0 Å². The van der Waals surface area contributed by atoms with Crippen molar-refractivity contribution in [3.05, 3.63) is 128 Å². The van der Waals surface area contributed by atoms with E-state index in [2.05, 4.69) is 165 Å². The first kappa shape index (κ1) is 38.5. The van der Waals surface area contributed by atoms with E-state index in [9.17, 15) is 9.59 Å². The SMILES string of the molecule is Cc1cccc(-c2cccc3c2C=C(C(C)(C)C)[CH]3[Hf]([Cl])([Cl])([B](NC=O)NC=O)[CH]2C(C(C)(C)C)=Cc3c(-c4cccc(C)c4C)cccc32)c1C. The molecule has 0 bridgehead atoms. The van der Waals surface area contributed by atoms with Gasteiger partial charge in [0.1, 0.15) is 0 Å². The van der Waals surface area contributed by atoms with E-state index < -0.39 is 27.8 Å². The summed E-state index contributed by atoms with van der Waals surface area (Å²) < 4.78 is -1.87. The number of hydrogen-bond acceptors (Lipinski definition) is 2. The molecular weight excluding hydrogens is 849 g/mol. The predicted molar refractivity (Wildman–Crippen MR) is 219 cm³/mol. The number of allylic oxidation sites excluding steroid dienone is 2. The molecule has 8 heteroatoms. The molecule has 0 spiro atoms. The Morgan fingerprint density at radius 3 is 1.27 bits per heavy atom. The number of nitrogens with one attached hydrogen (secondary N) is 2. The number of amides is 2. The van der Waals surface area contributed by atoms with Crippen molar-refractivity contribution in [3.8, 4) is 22.3 Å². The van der Waals surface area contributed by atoms with Crippen LogP contribution in [-0.4, -0.2) is 17.4 Å². The molecule has 0 saturated carbocycles. The standard InChI is InChI=1S/2C21H23.C2H3BN2O2.2ClH.Hf/c2*1-14-8-6-10-18(15(14)2)19-11-7-9-16-12-17(13-20(16)19)21(3,4)5;6-1-4-3-5-2-7;;;/h2*6-13H,1-5H3;1-2H,(H-,4,5,6,7);2*1H;/q;;;;;+1/p-1. The summed E-state index contributed by atoms with van der Waals surface area (Å²) in [5, 5.41) is 6.01. The Morgan fingerprint density at radius 2 is 0.923 bits per heavy atom. The molecule has 2 aliphatic carbocycles. The van der Waals surface area contributed by atoms with Gasteiger partial charge in [-0.1, -0.05) is 0 Å². The number of fused-ring (bicyclic) bond motifs is 2. The van der Waals surface area contributed by atoms with Crippen molar-refractivity contribution < 1.29 is 25.5 Å².